The molecular weight excluding hydrogens is 360 g/mol. The summed E-state index contributed by atoms with van der Waals surface area (Å²) in [7, 11) is -3.66. The molecular formula is C14H15F2N3O5S. The Hall–Kier alpha value is -1.95. The first-order valence-electron chi connectivity index (χ1n) is 7.21. The molecule has 1 aromatic heterocycles. The molecule has 2 unspecified atom stereocenters. The van der Waals surface area contributed by atoms with Crippen LogP contribution in [-0.2, 0) is 36.1 Å². The molecule has 2 atom stereocenters. The van der Waals surface area contributed by atoms with Crippen molar-refractivity contribution in [3.63, 3.8) is 0 Å². The minimum Gasteiger partial charge on any atom is -0.341 e. The van der Waals surface area contributed by atoms with E-state index in [1.165, 1.54) is 23.4 Å². The third-order valence-corrected chi connectivity index (χ3v) is 4.07. The van der Waals surface area contributed by atoms with Crippen LogP contribution >= 0.6 is 0 Å². The minimum absolute atomic E-state index is 0.0359. The normalized spacial score (nSPS) is 23.9. The minimum atomic E-state index is -3.66. The third kappa shape index (κ3) is 4.18. The van der Waals surface area contributed by atoms with E-state index in [0.717, 1.165) is 12.3 Å². The van der Waals surface area contributed by atoms with Crippen LogP contribution < -0.4 is 0 Å². The lowest BCUT2D eigenvalue weighted by Crippen LogP contribution is -2.35. The first-order chi connectivity index (χ1) is 11.8. The van der Waals surface area contributed by atoms with Gasteiger partial charge in [-0.3, -0.25) is 4.18 Å². The molecule has 8 nitrogen and oxygen atoms in total. The lowest BCUT2D eigenvalue weighted by molar-refractivity contribution is -0.192. The van der Waals surface area contributed by atoms with Crippen LogP contribution in [0.2, 0.25) is 0 Å². The molecule has 0 saturated carbocycles. The molecule has 136 valence electrons. The Kier molecular flexibility index (Phi) is 4.82. The number of ether oxygens (including phenoxy) is 2. The van der Waals surface area contributed by atoms with E-state index >= 15 is 0 Å². The second kappa shape index (κ2) is 6.75. The molecule has 0 spiro atoms. The number of benzene rings is 1. The molecule has 0 bridgehead atoms. The maximum Gasteiger partial charge on any atom is 0.264 e. The van der Waals surface area contributed by atoms with E-state index in [0.29, 0.717) is 6.07 Å². The van der Waals surface area contributed by atoms with Crippen molar-refractivity contribution in [1.29, 1.82) is 0 Å². The largest absolute Gasteiger partial charge is 0.341 e. The van der Waals surface area contributed by atoms with Crippen molar-refractivity contribution in [1.82, 2.24) is 14.8 Å². The lowest BCUT2D eigenvalue weighted by atomic mass is 10.0. The maximum absolute atomic E-state index is 14.3. The number of aromatic nitrogens is 3. The summed E-state index contributed by atoms with van der Waals surface area (Å²) in [5.74, 6) is -3.21. The van der Waals surface area contributed by atoms with Gasteiger partial charge in [-0.2, -0.15) is 13.5 Å². The predicted octanol–water partition coefficient (Wildman–Crippen LogP) is 0.801. The second-order valence-corrected chi connectivity index (χ2v) is 7.15. The summed E-state index contributed by atoms with van der Waals surface area (Å²) in [5, 5.41) is 3.93. The molecule has 11 heteroatoms. The van der Waals surface area contributed by atoms with Crippen molar-refractivity contribution in [3.05, 3.63) is 48.1 Å². The number of rotatable bonds is 6. The average Bonchev–Trinajstić information content (AvgIpc) is 3.15. The fraction of sp³-hybridized carbons (Fsp3) is 0.429. The van der Waals surface area contributed by atoms with Gasteiger partial charge in [-0.05, 0) is 12.1 Å². The molecule has 2 aromatic rings. The first-order valence-corrected chi connectivity index (χ1v) is 9.03. The zero-order chi connectivity index (χ0) is 18.1. The molecule has 1 saturated heterocycles. The van der Waals surface area contributed by atoms with Crippen molar-refractivity contribution in [2.24, 2.45) is 0 Å². The van der Waals surface area contributed by atoms with E-state index in [1.807, 2.05) is 0 Å². The van der Waals surface area contributed by atoms with E-state index in [2.05, 4.69) is 10.1 Å². The van der Waals surface area contributed by atoms with Crippen LogP contribution in [0.15, 0.2) is 30.9 Å². The van der Waals surface area contributed by atoms with Gasteiger partial charge < -0.3 is 9.47 Å². The van der Waals surface area contributed by atoms with E-state index < -0.39 is 33.6 Å². The molecule has 25 heavy (non-hydrogen) atoms. The summed E-state index contributed by atoms with van der Waals surface area (Å²) in [5.41, 5.74) is -0.0359. The molecule has 1 aromatic carbocycles. The molecule has 2 heterocycles. The Morgan fingerprint density at radius 2 is 2.24 bits per heavy atom. The summed E-state index contributed by atoms with van der Waals surface area (Å²) in [6.45, 7) is -0.396. The smallest absolute Gasteiger partial charge is 0.264 e. The summed E-state index contributed by atoms with van der Waals surface area (Å²) >= 11 is 0. The van der Waals surface area contributed by atoms with E-state index in [9.17, 15) is 17.2 Å². The first kappa shape index (κ1) is 17.9. The molecule has 0 radical (unpaired) electrons. The van der Waals surface area contributed by atoms with Crippen LogP contribution in [0.5, 0.6) is 0 Å². The lowest BCUT2D eigenvalue weighted by Gasteiger charge is -2.28. The van der Waals surface area contributed by atoms with Crippen molar-refractivity contribution in [3.8, 4) is 0 Å². The molecule has 0 N–H and O–H groups in total. The van der Waals surface area contributed by atoms with Crippen molar-refractivity contribution in [2.45, 2.75) is 18.4 Å². The Morgan fingerprint density at radius 1 is 1.44 bits per heavy atom. The molecule has 0 aliphatic carbocycles. The highest BCUT2D eigenvalue weighted by Crippen LogP contribution is 2.37. The van der Waals surface area contributed by atoms with Crippen molar-refractivity contribution < 1.29 is 30.9 Å². The number of halogens is 2. The fourth-order valence-corrected chi connectivity index (χ4v) is 2.88. The Bertz CT molecular complexity index is 846. The Morgan fingerprint density at radius 3 is 2.88 bits per heavy atom. The van der Waals surface area contributed by atoms with E-state index in [4.69, 9.17) is 13.7 Å². The SMILES string of the molecule is CS(=O)(=O)OCC1COC(Cn2cncn2)(c2ccc(F)cc2F)O1. The highest BCUT2D eigenvalue weighted by atomic mass is 32.2. The molecule has 0 amide bonds. The highest BCUT2D eigenvalue weighted by molar-refractivity contribution is 7.85. The number of hydrogen-bond acceptors (Lipinski definition) is 7. The van der Waals surface area contributed by atoms with Gasteiger partial charge in [0.2, 0.25) is 5.79 Å². The molecule has 1 aliphatic rings. The van der Waals surface area contributed by atoms with Gasteiger partial charge in [0.25, 0.3) is 10.1 Å². The monoisotopic (exact) mass is 375 g/mol. The Labute approximate surface area is 142 Å². The fourth-order valence-electron chi connectivity index (χ4n) is 2.48. The molecule has 1 fully saturated rings. The summed E-state index contributed by atoms with van der Waals surface area (Å²) in [6, 6.07) is 3.00. The quantitative estimate of drug-likeness (QED) is 0.690. The summed E-state index contributed by atoms with van der Waals surface area (Å²) in [4.78, 5) is 3.80. The van der Waals surface area contributed by atoms with Crippen molar-refractivity contribution in [2.75, 3.05) is 19.5 Å². The number of hydrogen-bond donors (Lipinski definition) is 0. The third-order valence-electron chi connectivity index (χ3n) is 3.51. The van der Waals surface area contributed by atoms with Gasteiger partial charge in [0, 0.05) is 11.6 Å². The Balaban J connectivity index is 1.88. The van der Waals surface area contributed by atoms with E-state index in [1.54, 1.807) is 0 Å². The van der Waals surface area contributed by atoms with Crippen LogP contribution in [0.4, 0.5) is 8.78 Å². The summed E-state index contributed by atoms with van der Waals surface area (Å²) < 4.78 is 67.3. The zero-order valence-electron chi connectivity index (χ0n) is 13.1. The maximum atomic E-state index is 14.3. The number of nitrogens with zero attached hydrogens (tertiary/aromatic N) is 3. The van der Waals surface area contributed by atoms with Gasteiger partial charge in [0.1, 0.15) is 36.9 Å². The predicted molar refractivity (Wildman–Crippen MR) is 79.7 cm³/mol. The zero-order valence-corrected chi connectivity index (χ0v) is 13.9. The van der Waals surface area contributed by atoms with Crippen LogP contribution in [0.25, 0.3) is 0 Å². The highest BCUT2D eigenvalue weighted by Gasteiger charge is 2.46. The van der Waals surface area contributed by atoms with Crippen LogP contribution in [0.1, 0.15) is 5.56 Å². The summed E-state index contributed by atoms with van der Waals surface area (Å²) in [6.07, 6.45) is 2.82. The van der Waals surface area contributed by atoms with Gasteiger partial charge in [0.15, 0.2) is 0 Å². The average molecular weight is 375 g/mol. The molecule has 3 rings (SSSR count). The van der Waals surface area contributed by atoms with Crippen LogP contribution in [0.3, 0.4) is 0 Å². The van der Waals surface area contributed by atoms with Gasteiger partial charge in [-0.25, -0.2) is 18.4 Å². The topological polar surface area (TPSA) is 92.5 Å². The second-order valence-electron chi connectivity index (χ2n) is 5.51. The standard InChI is InChI=1S/C14H15F2N3O5S/c1-25(20,21)23-6-11-5-22-14(24-11,7-19-9-17-8-18-19)12-3-2-10(15)4-13(12)16/h2-4,8-9,11H,5-7H2,1H3. The van der Waals surface area contributed by atoms with Gasteiger partial charge >= 0.3 is 0 Å². The molecule has 1 aliphatic heterocycles. The van der Waals surface area contributed by atoms with Gasteiger partial charge in [0.05, 0.1) is 19.5 Å². The van der Waals surface area contributed by atoms with Gasteiger partial charge in [-0.1, -0.05) is 0 Å². The van der Waals surface area contributed by atoms with Gasteiger partial charge in [-0.15, -0.1) is 0 Å². The van der Waals surface area contributed by atoms with E-state index in [-0.39, 0.29) is 25.3 Å². The van der Waals surface area contributed by atoms with Crippen LogP contribution in [0, 0.1) is 11.6 Å². The van der Waals surface area contributed by atoms with Crippen LogP contribution in [-0.4, -0.2) is 48.8 Å². The van der Waals surface area contributed by atoms with Crippen molar-refractivity contribution >= 4 is 10.1 Å².